The summed E-state index contributed by atoms with van der Waals surface area (Å²) in [6.45, 7) is 9.32. The Labute approximate surface area is 238 Å². The second-order valence-corrected chi connectivity index (χ2v) is 11.3. The first-order valence-corrected chi connectivity index (χ1v) is 12.8. The third-order valence-corrected chi connectivity index (χ3v) is 7.71. The molecule has 3 heterocycles. The van der Waals surface area contributed by atoms with Gasteiger partial charge in [0, 0.05) is 32.4 Å². The van der Waals surface area contributed by atoms with Gasteiger partial charge in [-0.1, -0.05) is 72.9 Å². The molecule has 0 bridgehead atoms. The van der Waals surface area contributed by atoms with Gasteiger partial charge in [-0.05, 0) is 29.7 Å². The molecular weight excluding hydrogens is 647 g/mol. The van der Waals surface area contributed by atoms with Crippen LogP contribution in [0.3, 0.4) is 0 Å². The predicted octanol–water partition coefficient (Wildman–Crippen LogP) is 7.78. The summed E-state index contributed by atoms with van der Waals surface area (Å²) in [4.78, 5) is 4.22. The van der Waals surface area contributed by atoms with Gasteiger partial charge in [0.05, 0.1) is 5.75 Å². The van der Waals surface area contributed by atoms with Gasteiger partial charge in [0.15, 0.2) is 18.5 Å². The van der Waals surface area contributed by atoms with Crippen molar-refractivity contribution in [3.05, 3.63) is 96.2 Å². The second kappa shape index (κ2) is 9.75. The van der Waals surface area contributed by atoms with Crippen molar-refractivity contribution < 1.29 is 29.4 Å². The smallest absolute Gasteiger partial charge is 0.494 e. The van der Waals surface area contributed by atoms with Crippen LogP contribution >= 0.6 is 0 Å². The molecular formula is C33H31IrN3O. The Kier molecular flexibility index (Phi) is 6.73. The summed E-state index contributed by atoms with van der Waals surface area (Å²) in [5.74, 6) is 1.78. The molecule has 0 spiro atoms. The fourth-order valence-corrected chi connectivity index (χ4v) is 5.41. The summed E-state index contributed by atoms with van der Waals surface area (Å²) in [7, 11) is 2.03. The van der Waals surface area contributed by atoms with Gasteiger partial charge in [-0.3, -0.25) is 0 Å². The molecule has 7 rings (SSSR count). The molecule has 0 saturated carbocycles. The fourth-order valence-electron chi connectivity index (χ4n) is 5.41. The molecule has 38 heavy (non-hydrogen) atoms. The van der Waals surface area contributed by atoms with Crippen molar-refractivity contribution in [3.63, 3.8) is 0 Å². The number of benzene rings is 3. The van der Waals surface area contributed by atoms with Gasteiger partial charge in [0.2, 0.25) is 0 Å². The zero-order valence-corrected chi connectivity index (χ0v) is 24.8. The van der Waals surface area contributed by atoms with E-state index in [2.05, 4.69) is 67.5 Å². The van der Waals surface area contributed by atoms with Gasteiger partial charge in [0.1, 0.15) is 0 Å². The maximum atomic E-state index is 6.31. The third kappa shape index (κ3) is 4.46. The Morgan fingerprint density at radius 3 is 2.45 bits per heavy atom. The number of pyridine rings is 1. The minimum Gasteiger partial charge on any atom is -0.505 e. The molecule has 4 nitrogen and oxygen atoms in total. The van der Waals surface area contributed by atoms with E-state index in [9.17, 15) is 0 Å². The van der Waals surface area contributed by atoms with E-state index in [1.807, 2.05) is 66.2 Å². The van der Waals surface area contributed by atoms with Gasteiger partial charge in [-0.25, -0.2) is 0 Å². The van der Waals surface area contributed by atoms with Crippen molar-refractivity contribution in [1.29, 1.82) is 0 Å². The van der Waals surface area contributed by atoms with E-state index in [4.69, 9.17) is 4.74 Å². The molecule has 0 fully saturated rings. The average Bonchev–Trinajstić information content (AvgIpc) is 3.25. The van der Waals surface area contributed by atoms with E-state index in [1.165, 1.54) is 24.0 Å². The molecule has 2 aliphatic heterocycles. The third-order valence-electron chi connectivity index (χ3n) is 7.71. The van der Waals surface area contributed by atoms with E-state index in [-0.39, 0.29) is 30.9 Å². The number of hydrogen-bond acceptors (Lipinski definition) is 2. The largest absolute Gasteiger partial charge is 0.505 e. The Bertz CT molecular complexity index is 1550. The van der Waals surface area contributed by atoms with Gasteiger partial charge in [-0.2, -0.15) is 0 Å². The predicted molar refractivity (Wildman–Crippen MR) is 148 cm³/mol. The maximum absolute atomic E-state index is 6.31. The minimum atomic E-state index is 0. The van der Waals surface area contributed by atoms with Crippen molar-refractivity contribution in [1.82, 2.24) is 9.56 Å². The van der Waals surface area contributed by atoms with Gasteiger partial charge >= 0.3 is 11.7 Å². The topological polar surface area (TPSA) is 28.1 Å². The monoisotopic (exact) mass is 678 g/mol. The number of rotatable bonds is 1. The van der Waals surface area contributed by atoms with E-state index >= 15 is 0 Å². The van der Waals surface area contributed by atoms with Crippen LogP contribution in [0.5, 0.6) is 11.5 Å². The van der Waals surface area contributed by atoms with Crippen LogP contribution < -0.4 is 9.31 Å². The SMILES string of the molecule is C[N+]1=C=[N+]2c3[c-]c4c(cc3Oc3cccc1c32)C(C)(C)CCC4(C)C.[Ir].[c-]1ccccc1-c1ccccn1. The Hall–Kier alpha value is -3.36. The van der Waals surface area contributed by atoms with Gasteiger partial charge in [0.25, 0.3) is 5.69 Å². The number of fused-ring (bicyclic) bond motifs is 3. The molecule has 3 aromatic carbocycles. The van der Waals surface area contributed by atoms with Crippen molar-refractivity contribution in [3.8, 4) is 22.8 Å². The molecule has 1 aliphatic carbocycles. The van der Waals surface area contributed by atoms with E-state index in [0.717, 1.165) is 39.8 Å². The molecule has 1 aromatic heterocycles. The van der Waals surface area contributed by atoms with E-state index < -0.39 is 0 Å². The molecule has 1 radical (unpaired) electrons. The Morgan fingerprint density at radius 2 is 1.71 bits per heavy atom. The normalized spacial score (nSPS) is 16.7. The van der Waals surface area contributed by atoms with Gasteiger partial charge < -0.3 is 9.72 Å². The molecule has 0 N–H and O–H groups in total. The Morgan fingerprint density at radius 1 is 0.921 bits per heavy atom. The average molecular weight is 678 g/mol. The van der Waals surface area contributed by atoms with E-state index in [1.54, 1.807) is 6.20 Å². The van der Waals surface area contributed by atoms with Crippen molar-refractivity contribution in [2.75, 3.05) is 7.05 Å². The maximum Gasteiger partial charge on any atom is 0.494 e. The zero-order chi connectivity index (χ0) is 25.8. The van der Waals surface area contributed by atoms with Crippen molar-refractivity contribution in [2.24, 2.45) is 0 Å². The summed E-state index contributed by atoms with van der Waals surface area (Å²) in [6.07, 6.45) is 4.15. The fraction of sp³-hybridized carbons (Fsp3) is 0.273. The Balaban J connectivity index is 0.000000191. The van der Waals surface area contributed by atoms with Crippen molar-refractivity contribution >= 4 is 23.1 Å². The standard InChI is InChI=1S/C22H23N2O.C11H8N.Ir/c1-21(2)9-10-22(3,4)15-12-19-17(11-14(15)21)24-13-23(5)16-7-6-8-18(25-19)20(16)24;1-2-6-10(7-3-1)11-8-4-5-9-12-11;/h6-8,12H,9-10H2,1-5H3;1-6,8-9H;/q+1;-1;. The zero-order valence-electron chi connectivity index (χ0n) is 22.4. The van der Waals surface area contributed by atoms with Crippen LogP contribution in [-0.2, 0) is 30.9 Å². The number of ether oxygens (including phenoxy) is 1. The van der Waals surface area contributed by atoms with Crippen LogP contribution in [-0.4, -0.2) is 22.6 Å². The molecule has 5 heteroatoms. The summed E-state index contributed by atoms with van der Waals surface area (Å²) < 4.78 is 10.4. The quantitative estimate of drug-likeness (QED) is 0.134. The van der Waals surface area contributed by atoms with Crippen LogP contribution in [0.2, 0.25) is 0 Å². The number of aromatic nitrogens is 1. The van der Waals surface area contributed by atoms with Crippen molar-refractivity contribution in [2.45, 2.75) is 51.4 Å². The number of nitrogens with zero attached hydrogens (tertiary/aromatic N) is 3. The summed E-state index contributed by atoms with van der Waals surface area (Å²) in [5, 5.41) is 0. The van der Waals surface area contributed by atoms with Crippen LogP contribution in [0.15, 0.2) is 72.9 Å². The first-order chi connectivity index (χ1) is 17.7. The van der Waals surface area contributed by atoms with E-state index in [0.29, 0.717) is 0 Å². The molecule has 4 aromatic rings. The second-order valence-electron chi connectivity index (χ2n) is 11.3. The first-order valence-electron chi connectivity index (χ1n) is 12.8. The van der Waals surface area contributed by atoms with Crippen LogP contribution in [0.25, 0.3) is 11.3 Å². The number of hydrogen-bond donors (Lipinski definition) is 0. The molecule has 0 amide bonds. The molecule has 0 saturated heterocycles. The van der Waals surface area contributed by atoms with Crippen LogP contribution in [0, 0.1) is 12.1 Å². The minimum absolute atomic E-state index is 0. The molecule has 3 aliphatic rings. The van der Waals surface area contributed by atoms with Crippen LogP contribution in [0.4, 0.5) is 17.1 Å². The summed E-state index contributed by atoms with van der Waals surface area (Å²) >= 11 is 0. The summed E-state index contributed by atoms with van der Waals surface area (Å²) in [6, 6.07) is 32.4. The molecule has 193 valence electrons. The molecule has 0 atom stereocenters. The number of para-hydroxylation sites is 1. The van der Waals surface area contributed by atoms with Gasteiger partial charge in [-0.15, -0.1) is 53.1 Å². The molecule has 0 unspecified atom stereocenters. The first kappa shape index (κ1) is 26.3. The van der Waals surface area contributed by atoms with Crippen LogP contribution in [0.1, 0.15) is 51.7 Å². The summed E-state index contributed by atoms with van der Waals surface area (Å²) in [5.41, 5.74) is 8.15.